The fourth-order valence-electron chi connectivity index (χ4n) is 5.01. The summed E-state index contributed by atoms with van der Waals surface area (Å²) in [6, 6.07) is 20.5. The fourth-order valence-corrected chi connectivity index (χ4v) is 7.10. The van der Waals surface area contributed by atoms with E-state index in [9.17, 15) is 31.2 Å². The van der Waals surface area contributed by atoms with E-state index in [1.54, 1.807) is 49.4 Å². The Kier molecular flexibility index (Phi) is 12.6. The normalized spacial score (nSPS) is 12.3. The second-order valence-electron chi connectivity index (χ2n) is 11.2. The molecule has 0 saturated carbocycles. The van der Waals surface area contributed by atoms with Gasteiger partial charge in [-0.1, -0.05) is 95.8 Å². The van der Waals surface area contributed by atoms with Crippen LogP contribution in [0.25, 0.3) is 0 Å². The molecule has 0 spiro atoms. The van der Waals surface area contributed by atoms with Crippen LogP contribution in [0.2, 0.25) is 15.1 Å². The van der Waals surface area contributed by atoms with Crippen molar-refractivity contribution < 1.29 is 31.2 Å². The molecule has 0 fully saturated rings. The minimum absolute atomic E-state index is 0.0389. The molecule has 4 aromatic rings. The lowest BCUT2D eigenvalue weighted by molar-refractivity contribution is -0.140. The maximum Gasteiger partial charge on any atom is 0.417 e. The number of hydrogen-bond donors (Lipinski definition) is 1. The molecule has 0 aromatic heterocycles. The van der Waals surface area contributed by atoms with Crippen LogP contribution in [0.4, 0.5) is 18.9 Å². The van der Waals surface area contributed by atoms with Crippen molar-refractivity contribution in [2.24, 2.45) is 0 Å². The van der Waals surface area contributed by atoms with Gasteiger partial charge in [0, 0.05) is 29.6 Å². The average molecular weight is 755 g/mol. The molecular formula is C35H33Cl3F3N3O4S. The van der Waals surface area contributed by atoms with Gasteiger partial charge in [0.2, 0.25) is 11.8 Å². The minimum Gasteiger partial charge on any atom is -0.354 e. The van der Waals surface area contributed by atoms with Gasteiger partial charge < -0.3 is 10.2 Å². The van der Waals surface area contributed by atoms with Crippen LogP contribution in [0.5, 0.6) is 0 Å². The molecule has 4 rings (SSSR count). The van der Waals surface area contributed by atoms with Crippen LogP contribution in [-0.2, 0) is 38.8 Å². The second-order valence-corrected chi connectivity index (χ2v) is 14.4. The van der Waals surface area contributed by atoms with E-state index in [1.807, 2.05) is 6.92 Å². The van der Waals surface area contributed by atoms with Crippen molar-refractivity contribution in [2.45, 2.75) is 50.3 Å². The highest BCUT2D eigenvalue weighted by Crippen LogP contribution is 2.38. The number of halogens is 6. The zero-order valence-electron chi connectivity index (χ0n) is 26.5. The van der Waals surface area contributed by atoms with Crippen molar-refractivity contribution in [2.75, 3.05) is 17.4 Å². The summed E-state index contributed by atoms with van der Waals surface area (Å²) < 4.78 is 70.8. The molecule has 0 aliphatic heterocycles. The van der Waals surface area contributed by atoms with Crippen LogP contribution in [0.3, 0.4) is 0 Å². The Hall–Kier alpha value is -3.77. The number of alkyl halides is 3. The number of carbonyl (C=O) groups excluding carboxylic acids is 2. The van der Waals surface area contributed by atoms with Crippen molar-refractivity contribution in [3.63, 3.8) is 0 Å². The van der Waals surface area contributed by atoms with E-state index >= 15 is 0 Å². The molecule has 0 saturated heterocycles. The first-order valence-electron chi connectivity index (χ1n) is 15.1. The summed E-state index contributed by atoms with van der Waals surface area (Å²) in [6.45, 7) is 2.68. The molecule has 1 atom stereocenters. The molecule has 7 nitrogen and oxygen atoms in total. The fraction of sp³-hybridized carbons (Fsp3) is 0.257. The first-order valence-corrected chi connectivity index (χ1v) is 17.7. The molecule has 49 heavy (non-hydrogen) atoms. The third-order valence-electron chi connectivity index (χ3n) is 7.61. The number of nitrogens with zero attached hydrogens (tertiary/aromatic N) is 2. The Morgan fingerprint density at radius 1 is 0.878 bits per heavy atom. The molecular weight excluding hydrogens is 722 g/mol. The molecule has 0 aliphatic carbocycles. The molecule has 0 aliphatic rings. The highest BCUT2D eigenvalue weighted by Gasteiger charge is 2.38. The summed E-state index contributed by atoms with van der Waals surface area (Å²) in [5.74, 6) is -1.39. The van der Waals surface area contributed by atoms with Gasteiger partial charge in [-0.25, -0.2) is 8.42 Å². The van der Waals surface area contributed by atoms with E-state index in [4.69, 9.17) is 34.8 Å². The summed E-state index contributed by atoms with van der Waals surface area (Å²) >= 11 is 18.5. The molecule has 4 aromatic carbocycles. The maximum absolute atomic E-state index is 14.5. The van der Waals surface area contributed by atoms with E-state index in [-0.39, 0.29) is 22.9 Å². The second kappa shape index (κ2) is 16.3. The van der Waals surface area contributed by atoms with E-state index < -0.39 is 56.9 Å². The molecule has 0 heterocycles. The standard InChI is InChI=1S/C35H33Cl3F3N3O4S/c1-3-17-42-34(46)32(18-24-7-5-4-6-8-24)43(21-25-11-12-26(36)19-31(25)38)33(45)22-44(49(47,48)28-14-9-23(2)10-15-28)27-13-16-30(37)29(20-27)35(39,40)41/h4-16,19-20,32H,3,17-18,21-22H2,1-2H3,(H,42,46)/t32-/m1/s1. The van der Waals surface area contributed by atoms with Gasteiger partial charge in [-0.2, -0.15) is 13.2 Å². The van der Waals surface area contributed by atoms with Gasteiger partial charge in [0.15, 0.2) is 0 Å². The molecule has 0 unspecified atom stereocenters. The van der Waals surface area contributed by atoms with Gasteiger partial charge in [-0.15, -0.1) is 0 Å². The highest BCUT2D eigenvalue weighted by molar-refractivity contribution is 7.92. The first kappa shape index (κ1) is 38.0. The van der Waals surface area contributed by atoms with Gasteiger partial charge in [0.1, 0.15) is 12.6 Å². The van der Waals surface area contributed by atoms with Gasteiger partial charge in [0.05, 0.1) is 21.2 Å². The van der Waals surface area contributed by atoms with Crippen LogP contribution < -0.4 is 9.62 Å². The quantitative estimate of drug-likeness (QED) is 0.149. The van der Waals surface area contributed by atoms with Gasteiger partial charge in [-0.05, 0) is 66.9 Å². The first-order chi connectivity index (χ1) is 23.1. The number of nitrogens with one attached hydrogen (secondary N) is 1. The Labute approximate surface area is 298 Å². The van der Waals surface area contributed by atoms with Crippen molar-refractivity contribution in [1.29, 1.82) is 0 Å². The van der Waals surface area contributed by atoms with Crippen molar-refractivity contribution >= 4 is 62.3 Å². The van der Waals surface area contributed by atoms with Crippen molar-refractivity contribution in [3.8, 4) is 0 Å². The van der Waals surface area contributed by atoms with Crippen LogP contribution in [0.1, 0.15) is 35.6 Å². The minimum atomic E-state index is -4.92. The van der Waals surface area contributed by atoms with Crippen LogP contribution in [0.15, 0.2) is 95.9 Å². The third-order valence-corrected chi connectivity index (χ3v) is 10.3. The summed E-state index contributed by atoms with van der Waals surface area (Å²) in [5, 5.41) is 2.68. The summed E-state index contributed by atoms with van der Waals surface area (Å²) in [7, 11) is -4.65. The Morgan fingerprint density at radius 3 is 2.16 bits per heavy atom. The third kappa shape index (κ3) is 9.69. The Morgan fingerprint density at radius 2 is 1.55 bits per heavy atom. The van der Waals surface area contributed by atoms with Crippen LogP contribution in [0, 0.1) is 6.92 Å². The lowest BCUT2D eigenvalue weighted by Crippen LogP contribution is -2.53. The van der Waals surface area contributed by atoms with E-state index in [0.29, 0.717) is 39.5 Å². The van der Waals surface area contributed by atoms with Crippen molar-refractivity contribution in [1.82, 2.24) is 10.2 Å². The van der Waals surface area contributed by atoms with Crippen LogP contribution >= 0.6 is 34.8 Å². The molecule has 2 amide bonds. The lowest BCUT2D eigenvalue weighted by Gasteiger charge is -2.34. The summed E-state index contributed by atoms with van der Waals surface area (Å²) in [4.78, 5) is 29.2. The maximum atomic E-state index is 14.5. The number of rotatable bonds is 13. The number of aryl methyl sites for hydroxylation is 1. The van der Waals surface area contributed by atoms with E-state index in [1.165, 1.54) is 35.2 Å². The number of carbonyl (C=O) groups is 2. The monoisotopic (exact) mass is 753 g/mol. The number of sulfonamides is 1. The lowest BCUT2D eigenvalue weighted by atomic mass is 10.0. The molecule has 1 N–H and O–H groups in total. The number of benzene rings is 4. The smallest absolute Gasteiger partial charge is 0.354 e. The zero-order chi connectivity index (χ0) is 35.9. The van der Waals surface area contributed by atoms with Crippen molar-refractivity contribution in [3.05, 3.63) is 128 Å². The highest BCUT2D eigenvalue weighted by atomic mass is 35.5. The molecule has 0 bridgehead atoms. The average Bonchev–Trinajstić information content (AvgIpc) is 3.05. The van der Waals surface area contributed by atoms with Gasteiger partial charge in [-0.3, -0.25) is 13.9 Å². The number of hydrogen-bond acceptors (Lipinski definition) is 4. The topological polar surface area (TPSA) is 86.8 Å². The molecule has 260 valence electrons. The zero-order valence-corrected chi connectivity index (χ0v) is 29.6. The largest absolute Gasteiger partial charge is 0.417 e. The van der Waals surface area contributed by atoms with Gasteiger partial charge >= 0.3 is 6.18 Å². The Bertz CT molecular complexity index is 1890. The van der Waals surface area contributed by atoms with E-state index in [0.717, 1.165) is 17.7 Å². The summed E-state index contributed by atoms with van der Waals surface area (Å²) in [5.41, 5.74) is 0.106. The van der Waals surface area contributed by atoms with Crippen LogP contribution in [-0.4, -0.2) is 44.3 Å². The summed E-state index contributed by atoms with van der Waals surface area (Å²) in [6.07, 6.45) is -4.29. The number of anilines is 1. The SMILES string of the molecule is CCCNC(=O)[C@@H](Cc1ccccc1)N(Cc1ccc(Cl)cc1Cl)C(=O)CN(c1ccc(Cl)c(C(F)(F)F)c1)S(=O)(=O)c1ccc(C)cc1. The predicted molar refractivity (Wildman–Crippen MR) is 186 cm³/mol. The van der Waals surface area contributed by atoms with Gasteiger partial charge in [0.25, 0.3) is 10.0 Å². The molecule has 14 heteroatoms. The molecule has 0 radical (unpaired) electrons. The van der Waals surface area contributed by atoms with E-state index in [2.05, 4.69) is 5.32 Å². The number of amides is 2. The Balaban J connectivity index is 1.88. The predicted octanol–water partition coefficient (Wildman–Crippen LogP) is 8.34.